The molecule has 1 rings (SSSR count). The van der Waals surface area contributed by atoms with Crippen LogP contribution in [0.15, 0.2) is 24.5 Å². The Morgan fingerprint density at radius 3 is 2.55 bits per heavy atom. The molecule has 0 unspecified atom stereocenters. The predicted molar refractivity (Wildman–Crippen MR) is 49.1 cm³/mol. The average Bonchev–Trinajstić information content (AvgIpc) is 2.03. The number of halogens is 1. The van der Waals surface area contributed by atoms with Gasteiger partial charge in [-0.15, -0.1) is 12.4 Å². The fraction of sp³-hybridized carbons (Fsp3) is 0.375. The highest BCUT2D eigenvalue weighted by molar-refractivity contribution is 5.85. The maximum absolute atomic E-state index is 3.93. The minimum absolute atomic E-state index is 0. The van der Waals surface area contributed by atoms with Gasteiger partial charge in [-0.3, -0.25) is 4.98 Å². The summed E-state index contributed by atoms with van der Waals surface area (Å²) in [7, 11) is 1.96. The quantitative estimate of drug-likeness (QED) is 0.743. The van der Waals surface area contributed by atoms with Gasteiger partial charge in [-0.1, -0.05) is 0 Å². The average molecular weight is 173 g/mol. The molecular formula is C8H13ClN2. The van der Waals surface area contributed by atoms with Crippen LogP contribution in [0.4, 0.5) is 0 Å². The van der Waals surface area contributed by atoms with Crippen LogP contribution in [0.3, 0.4) is 0 Å². The van der Waals surface area contributed by atoms with Crippen molar-refractivity contribution in [2.24, 2.45) is 0 Å². The first-order valence-electron chi connectivity index (χ1n) is 3.47. The molecule has 1 aromatic rings. The van der Waals surface area contributed by atoms with E-state index in [4.69, 9.17) is 0 Å². The summed E-state index contributed by atoms with van der Waals surface area (Å²) in [5.41, 5.74) is 1.34. The van der Waals surface area contributed by atoms with Crippen LogP contribution in [0.2, 0.25) is 0 Å². The number of likely N-dealkylation sites (N-methyl/N-ethyl adjacent to an activating group) is 1. The molecule has 0 bridgehead atoms. The number of nitrogens with zero attached hydrogens (tertiary/aromatic N) is 1. The van der Waals surface area contributed by atoms with E-state index in [-0.39, 0.29) is 12.4 Å². The predicted octanol–water partition coefficient (Wildman–Crippen LogP) is 1.27. The number of pyridine rings is 1. The number of hydrogen-bond acceptors (Lipinski definition) is 2. The van der Waals surface area contributed by atoms with Gasteiger partial charge in [0.1, 0.15) is 0 Å². The van der Waals surface area contributed by atoms with Crippen LogP contribution in [0.25, 0.3) is 0 Å². The molecule has 0 aliphatic rings. The summed E-state index contributed by atoms with van der Waals surface area (Å²) in [6.07, 6.45) is 4.73. The monoisotopic (exact) mass is 172 g/mol. The van der Waals surface area contributed by atoms with E-state index in [1.54, 1.807) is 0 Å². The SMILES string of the molecule is CNCCc1ccncc1.Cl. The fourth-order valence-electron chi connectivity index (χ4n) is 0.819. The van der Waals surface area contributed by atoms with Crippen LogP contribution in [-0.4, -0.2) is 18.6 Å². The molecule has 0 aliphatic carbocycles. The lowest BCUT2D eigenvalue weighted by molar-refractivity contribution is 0.791. The third kappa shape index (κ3) is 3.96. The van der Waals surface area contributed by atoms with Crippen LogP contribution in [0.5, 0.6) is 0 Å². The van der Waals surface area contributed by atoms with Gasteiger partial charge in [-0.25, -0.2) is 0 Å². The second-order valence-electron chi connectivity index (χ2n) is 2.21. The summed E-state index contributed by atoms with van der Waals surface area (Å²) in [5.74, 6) is 0. The second kappa shape index (κ2) is 6.13. The number of rotatable bonds is 3. The Kier molecular flexibility index (Phi) is 5.80. The zero-order valence-corrected chi connectivity index (χ0v) is 7.40. The van der Waals surface area contributed by atoms with Crippen LogP contribution in [0.1, 0.15) is 5.56 Å². The van der Waals surface area contributed by atoms with E-state index in [0.29, 0.717) is 0 Å². The van der Waals surface area contributed by atoms with E-state index in [1.807, 2.05) is 31.6 Å². The highest BCUT2D eigenvalue weighted by atomic mass is 35.5. The van der Waals surface area contributed by atoms with Crippen LogP contribution in [0, 0.1) is 0 Å². The normalized spacial score (nSPS) is 8.82. The Labute approximate surface area is 73.4 Å². The Morgan fingerprint density at radius 2 is 2.00 bits per heavy atom. The highest BCUT2D eigenvalue weighted by Gasteiger charge is 1.87. The molecule has 2 nitrogen and oxygen atoms in total. The standard InChI is InChI=1S/C8H12N2.ClH/c1-9-5-2-8-3-6-10-7-4-8;/h3-4,6-7,9H,2,5H2,1H3;1H. The summed E-state index contributed by atoms with van der Waals surface area (Å²) in [4.78, 5) is 3.93. The van der Waals surface area contributed by atoms with Gasteiger partial charge in [0, 0.05) is 12.4 Å². The third-order valence-electron chi connectivity index (χ3n) is 1.41. The molecule has 1 aromatic heterocycles. The Bertz CT molecular complexity index is 177. The zero-order valence-electron chi connectivity index (χ0n) is 6.58. The van der Waals surface area contributed by atoms with Gasteiger partial charge in [0.15, 0.2) is 0 Å². The summed E-state index contributed by atoms with van der Waals surface area (Å²) >= 11 is 0. The van der Waals surface area contributed by atoms with Gasteiger partial charge in [-0.05, 0) is 37.7 Å². The molecule has 11 heavy (non-hydrogen) atoms. The minimum Gasteiger partial charge on any atom is -0.319 e. The fourth-order valence-corrected chi connectivity index (χ4v) is 0.819. The summed E-state index contributed by atoms with van der Waals surface area (Å²) in [6.45, 7) is 1.03. The van der Waals surface area contributed by atoms with Gasteiger partial charge in [0.25, 0.3) is 0 Å². The molecule has 1 heterocycles. The van der Waals surface area contributed by atoms with Crippen molar-refractivity contribution < 1.29 is 0 Å². The molecule has 0 saturated carbocycles. The van der Waals surface area contributed by atoms with Gasteiger partial charge in [0.05, 0.1) is 0 Å². The van der Waals surface area contributed by atoms with Crippen molar-refractivity contribution in [3.05, 3.63) is 30.1 Å². The first-order valence-corrected chi connectivity index (χ1v) is 3.47. The van der Waals surface area contributed by atoms with E-state index in [1.165, 1.54) is 5.56 Å². The molecule has 62 valence electrons. The largest absolute Gasteiger partial charge is 0.319 e. The molecule has 0 amide bonds. The molecule has 0 spiro atoms. The second-order valence-corrected chi connectivity index (χ2v) is 2.21. The Hall–Kier alpha value is -0.600. The summed E-state index contributed by atoms with van der Waals surface area (Å²) in [6, 6.07) is 4.08. The number of hydrogen-bond donors (Lipinski definition) is 1. The third-order valence-corrected chi connectivity index (χ3v) is 1.41. The van der Waals surface area contributed by atoms with Crippen molar-refractivity contribution in [2.45, 2.75) is 6.42 Å². The lowest BCUT2D eigenvalue weighted by atomic mass is 10.2. The van der Waals surface area contributed by atoms with E-state index in [9.17, 15) is 0 Å². The van der Waals surface area contributed by atoms with Crippen molar-refractivity contribution in [1.29, 1.82) is 0 Å². The van der Waals surface area contributed by atoms with Gasteiger partial charge >= 0.3 is 0 Å². The van der Waals surface area contributed by atoms with Gasteiger partial charge in [-0.2, -0.15) is 0 Å². The van der Waals surface area contributed by atoms with Crippen molar-refractivity contribution in [3.8, 4) is 0 Å². The zero-order chi connectivity index (χ0) is 7.23. The topological polar surface area (TPSA) is 24.9 Å². The lowest BCUT2D eigenvalue weighted by Crippen LogP contribution is -2.10. The lowest BCUT2D eigenvalue weighted by Gasteiger charge is -1.97. The molecule has 0 aliphatic heterocycles. The Balaban J connectivity index is 0.000001000. The number of nitrogens with one attached hydrogen (secondary N) is 1. The molecule has 0 saturated heterocycles. The highest BCUT2D eigenvalue weighted by Crippen LogP contribution is 1.95. The molecule has 3 heteroatoms. The smallest absolute Gasteiger partial charge is 0.0270 e. The van der Waals surface area contributed by atoms with E-state index in [0.717, 1.165) is 13.0 Å². The maximum atomic E-state index is 3.93. The van der Waals surface area contributed by atoms with Crippen molar-refractivity contribution in [3.63, 3.8) is 0 Å². The first-order chi connectivity index (χ1) is 4.93. The molecule has 1 N–H and O–H groups in total. The molecule has 0 fully saturated rings. The van der Waals surface area contributed by atoms with Crippen LogP contribution >= 0.6 is 12.4 Å². The van der Waals surface area contributed by atoms with Crippen molar-refractivity contribution in [1.82, 2.24) is 10.3 Å². The van der Waals surface area contributed by atoms with Gasteiger partial charge < -0.3 is 5.32 Å². The summed E-state index contributed by atoms with van der Waals surface area (Å²) < 4.78 is 0. The van der Waals surface area contributed by atoms with E-state index >= 15 is 0 Å². The van der Waals surface area contributed by atoms with Crippen molar-refractivity contribution in [2.75, 3.05) is 13.6 Å². The van der Waals surface area contributed by atoms with Gasteiger partial charge in [0.2, 0.25) is 0 Å². The van der Waals surface area contributed by atoms with E-state index < -0.39 is 0 Å². The summed E-state index contributed by atoms with van der Waals surface area (Å²) in [5, 5.41) is 3.10. The molecule has 0 aromatic carbocycles. The Morgan fingerprint density at radius 1 is 1.36 bits per heavy atom. The van der Waals surface area contributed by atoms with Crippen molar-refractivity contribution >= 4 is 12.4 Å². The molecule has 0 radical (unpaired) electrons. The van der Waals surface area contributed by atoms with Crippen LogP contribution in [-0.2, 0) is 6.42 Å². The molecular weight excluding hydrogens is 160 g/mol. The van der Waals surface area contributed by atoms with E-state index in [2.05, 4.69) is 10.3 Å². The first kappa shape index (κ1) is 10.4. The van der Waals surface area contributed by atoms with Crippen LogP contribution < -0.4 is 5.32 Å². The molecule has 0 atom stereocenters. The number of aromatic nitrogens is 1. The minimum atomic E-state index is 0. The maximum Gasteiger partial charge on any atom is 0.0270 e.